The maximum atomic E-state index is 12.9. The summed E-state index contributed by atoms with van der Waals surface area (Å²) in [6.45, 7) is 6.63. The molecule has 0 aromatic heterocycles. The number of unbranched alkanes of at least 4 members (excludes halogenated alkanes) is 39. The molecule has 0 amide bonds. The van der Waals surface area contributed by atoms with Crippen molar-refractivity contribution in [1.82, 2.24) is 0 Å². The van der Waals surface area contributed by atoms with Crippen LogP contribution in [0.3, 0.4) is 0 Å². The van der Waals surface area contributed by atoms with Crippen molar-refractivity contribution in [2.45, 2.75) is 354 Å². The average Bonchev–Trinajstić information content (AvgIpc) is 3.44. The van der Waals surface area contributed by atoms with Gasteiger partial charge in [-0.05, 0) is 116 Å². The largest absolute Gasteiger partial charge is 0.462 e. The van der Waals surface area contributed by atoms with E-state index in [1.807, 2.05) is 0 Å². The topological polar surface area (TPSA) is 78.9 Å². The highest BCUT2D eigenvalue weighted by atomic mass is 16.6. The second kappa shape index (κ2) is 66.4. The van der Waals surface area contributed by atoms with Gasteiger partial charge in [0, 0.05) is 19.3 Å². The Balaban J connectivity index is 4.33. The van der Waals surface area contributed by atoms with Gasteiger partial charge < -0.3 is 14.2 Å². The van der Waals surface area contributed by atoms with Crippen LogP contribution in [0.15, 0.2) is 72.9 Å². The Morgan fingerprint density at radius 3 is 0.731 bits per heavy atom. The summed E-state index contributed by atoms with van der Waals surface area (Å²) < 4.78 is 17.0. The Bertz CT molecular complexity index is 1440. The summed E-state index contributed by atoms with van der Waals surface area (Å²) in [6.07, 6.45) is 86.3. The lowest BCUT2D eigenvalue weighted by Crippen LogP contribution is -2.30. The van der Waals surface area contributed by atoms with Gasteiger partial charge >= 0.3 is 17.9 Å². The molecule has 0 aromatic carbocycles. The first kappa shape index (κ1) is 74.8. The molecular weight excluding hydrogens is 961 g/mol. The molecule has 0 aliphatic rings. The number of allylic oxidation sites excluding steroid dienone is 12. The van der Waals surface area contributed by atoms with Gasteiger partial charge in [-0.3, -0.25) is 14.4 Å². The maximum Gasteiger partial charge on any atom is 0.306 e. The molecule has 1 atom stereocenters. The van der Waals surface area contributed by atoms with Crippen molar-refractivity contribution in [1.29, 1.82) is 0 Å². The fraction of sp³-hybridized carbons (Fsp3) is 0.792. The molecule has 0 heterocycles. The van der Waals surface area contributed by atoms with E-state index < -0.39 is 6.10 Å². The van der Waals surface area contributed by atoms with E-state index in [2.05, 4.69) is 93.7 Å². The maximum absolute atomic E-state index is 12.9. The van der Waals surface area contributed by atoms with Crippen LogP contribution >= 0.6 is 0 Å². The van der Waals surface area contributed by atoms with E-state index in [-0.39, 0.29) is 31.1 Å². The van der Waals surface area contributed by atoms with Crippen LogP contribution in [0.5, 0.6) is 0 Å². The van der Waals surface area contributed by atoms with E-state index >= 15 is 0 Å². The van der Waals surface area contributed by atoms with Crippen LogP contribution in [-0.2, 0) is 28.6 Å². The molecule has 0 rings (SSSR count). The third-order valence-corrected chi connectivity index (χ3v) is 14.9. The number of rotatable bonds is 62. The molecule has 78 heavy (non-hydrogen) atoms. The molecule has 0 aromatic rings. The minimum Gasteiger partial charge on any atom is -0.462 e. The van der Waals surface area contributed by atoms with Crippen LogP contribution in [0.1, 0.15) is 348 Å². The van der Waals surface area contributed by atoms with Gasteiger partial charge in [0.15, 0.2) is 6.10 Å². The summed E-state index contributed by atoms with van der Waals surface area (Å²) in [5.41, 5.74) is 0. The highest BCUT2D eigenvalue weighted by Gasteiger charge is 2.19. The standard InChI is InChI=1S/C72H128O6/c1-4-7-10-13-16-19-22-25-28-30-32-34-35-36-37-39-40-42-44-47-50-53-56-59-62-65-71(74)77-68-69(67-76-70(73)64-61-58-55-52-49-46-27-24-21-18-15-12-9-6-3)78-72(75)66-63-60-57-54-51-48-45-43-41-38-33-31-29-26-23-20-17-14-11-8-5-2/h22-27,30-33,41,43,69H,4-21,28-29,34-40,42,44-68H2,1-3H3/b25-22-,26-23-,27-24-,32-30-,33-31-,43-41-. The van der Waals surface area contributed by atoms with E-state index in [4.69, 9.17) is 14.2 Å². The zero-order chi connectivity index (χ0) is 56.4. The molecule has 0 saturated heterocycles. The lowest BCUT2D eigenvalue weighted by Gasteiger charge is -2.18. The van der Waals surface area contributed by atoms with Crippen LogP contribution in [0.2, 0.25) is 0 Å². The highest BCUT2D eigenvalue weighted by molar-refractivity contribution is 5.71. The first-order chi connectivity index (χ1) is 38.5. The third kappa shape index (κ3) is 63.7. The molecule has 6 heteroatoms. The Morgan fingerprint density at radius 1 is 0.256 bits per heavy atom. The molecule has 0 bridgehead atoms. The first-order valence-electron chi connectivity index (χ1n) is 33.9. The third-order valence-electron chi connectivity index (χ3n) is 14.9. The van der Waals surface area contributed by atoms with Crippen molar-refractivity contribution in [3.63, 3.8) is 0 Å². The first-order valence-corrected chi connectivity index (χ1v) is 33.9. The SMILES string of the molecule is CCCCCCC/C=C\C/C=C\C/C=C\CCCCCCCCC(=O)OC(COC(=O)CCCCCCC/C=C\CCCCCCC)COC(=O)CCCCCCCCCCCCCCC/C=C\C/C=C\CCCCCCC. The summed E-state index contributed by atoms with van der Waals surface area (Å²) >= 11 is 0. The van der Waals surface area contributed by atoms with Crippen LogP contribution in [-0.4, -0.2) is 37.2 Å². The van der Waals surface area contributed by atoms with Gasteiger partial charge in [0.1, 0.15) is 13.2 Å². The molecule has 452 valence electrons. The smallest absolute Gasteiger partial charge is 0.306 e. The van der Waals surface area contributed by atoms with Gasteiger partial charge in [0.2, 0.25) is 0 Å². The number of esters is 3. The molecule has 6 nitrogen and oxygen atoms in total. The molecule has 0 spiro atoms. The van der Waals surface area contributed by atoms with Crippen LogP contribution < -0.4 is 0 Å². The molecule has 0 saturated carbocycles. The predicted molar refractivity (Wildman–Crippen MR) is 339 cm³/mol. The summed E-state index contributed by atoms with van der Waals surface area (Å²) in [7, 11) is 0. The Morgan fingerprint density at radius 2 is 0.462 bits per heavy atom. The number of ether oxygens (including phenoxy) is 3. The van der Waals surface area contributed by atoms with Crippen molar-refractivity contribution in [3.8, 4) is 0 Å². The van der Waals surface area contributed by atoms with Gasteiger partial charge in [-0.25, -0.2) is 0 Å². The Kier molecular flexibility index (Phi) is 63.7. The minimum absolute atomic E-state index is 0.0820. The predicted octanol–water partition coefficient (Wildman–Crippen LogP) is 23.3. The quantitative estimate of drug-likeness (QED) is 0.0261. The van der Waals surface area contributed by atoms with Crippen LogP contribution in [0, 0.1) is 0 Å². The molecule has 0 aliphatic heterocycles. The number of carbonyl (C=O) groups excluding carboxylic acids is 3. The summed E-state index contributed by atoms with van der Waals surface area (Å²) in [5, 5.41) is 0. The van der Waals surface area contributed by atoms with Crippen molar-refractivity contribution in [3.05, 3.63) is 72.9 Å². The normalized spacial score (nSPS) is 12.5. The zero-order valence-corrected chi connectivity index (χ0v) is 51.9. The van der Waals surface area contributed by atoms with E-state index in [0.29, 0.717) is 19.3 Å². The van der Waals surface area contributed by atoms with Gasteiger partial charge in [-0.2, -0.15) is 0 Å². The van der Waals surface area contributed by atoms with Gasteiger partial charge in [-0.15, -0.1) is 0 Å². The second-order valence-corrected chi connectivity index (χ2v) is 22.7. The van der Waals surface area contributed by atoms with Gasteiger partial charge in [0.05, 0.1) is 0 Å². The molecular formula is C72H128O6. The Hall–Kier alpha value is -3.15. The number of carbonyl (C=O) groups is 3. The summed E-state index contributed by atoms with van der Waals surface area (Å²) in [5.74, 6) is -0.888. The summed E-state index contributed by atoms with van der Waals surface area (Å²) in [4.78, 5) is 38.4. The number of hydrogen-bond donors (Lipinski definition) is 0. The zero-order valence-electron chi connectivity index (χ0n) is 51.9. The lowest BCUT2D eigenvalue weighted by molar-refractivity contribution is -0.167. The molecule has 0 aliphatic carbocycles. The lowest BCUT2D eigenvalue weighted by atomic mass is 10.0. The van der Waals surface area contributed by atoms with Gasteiger partial charge in [-0.1, -0.05) is 286 Å². The van der Waals surface area contributed by atoms with Crippen molar-refractivity contribution < 1.29 is 28.6 Å². The minimum atomic E-state index is -0.787. The van der Waals surface area contributed by atoms with Gasteiger partial charge in [0.25, 0.3) is 0 Å². The van der Waals surface area contributed by atoms with Crippen molar-refractivity contribution in [2.24, 2.45) is 0 Å². The fourth-order valence-electron chi connectivity index (χ4n) is 9.77. The summed E-state index contributed by atoms with van der Waals surface area (Å²) in [6, 6.07) is 0. The number of hydrogen-bond acceptors (Lipinski definition) is 6. The van der Waals surface area contributed by atoms with E-state index in [1.54, 1.807) is 0 Å². The van der Waals surface area contributed by atoms with Crippen LogP contribution in [0.4, 0.5) is 0 Å². The van der Waals surface area contributed by atoms with Crippen LogP contribution in [0.25, 0.3) is 0 Å². The van der Waals surface area contributed by atoms with Crippen molar-refractivity contribution in [2.75, 3.05) is 13.2 Å². The molecule has 0 fully saturated rings. The molecule has 0 radical (unpaired) electrons. The Labute approximate surface area is 484 Å². The molecule has 1 unspecified atom stereocenters. The van der Waals surface area contributed by atoms with E-state index in [1.165, 1.54) is 212 Å². The van der Waals surface area contributed by atoms with E-state index in [0.717, 1.165) is 96.3 Å². The molecule has 0 N–H and O–H groups in total. The van der Waals surface area contributed by atoms with E-state index in [9.17, 15) is 14.4 Å². The van der Waals surface area contributed by atoms with Crippen molar-refractivity contribution >= 4 is 17.9 Å². The highest BCUT2D eigenvalue weighted by Crippen LogP contribution is 2.17. The average molecular weight is 1090 g/mol. The second-order valence-electron chi connectivity index (χ2n) is 22.7. The monoisotopic (exact) mass is 1090 g/mol. The fourth-order valence-corrected chi connectivity index (χ4v) is 9.77.